The van der Waals surface area contributed by atoms with Gasteiger partial charge in [-0.25, -0.2) is 0 Å². The van der Waals surface area contributed by atoms with E-state index in [0.29, 0.717) is 5.75 Å². The molecular weight excluding hydrogens is 276 g/mol. The average Bonchev–Trinajstić information content (AvgIpc) is 2.21. The van der Waals surface area contributed by atoms with E-state index in [1.54, 1.807) is 0 Å². The highest BCUT2D eigenvalue weighted by atomic mass is 79.9. The number of hydrogen-bond donors (Lipinski definition) is 1. The van der Waals surface area contributed by atoms with E-state index < -0.39 is 0 Å². The number of rotatable bonds is 0. The first-order chi connectivity index (χ1) is 7.67. The van der Waals surface area contributed by atoms with E-state index in [9.17, 15) is 5.11 Å². The van der Waals surface area contributed by atoms with Gasteiger partial charge in [0, 0.05) is 5.56 Å². The molecule has 2 heteroatoms. The number of phenols is 1. The van der Waals surface area contributed by atoms with E-state index in [1.165, 1.54) is 12.0 Å². The predicted octanol–water partition coefficient (Wildman–Crippen LogP) is 4.81. The van der Waals surface area contributed by atoms with E-state index >= 15 is 0 Å². The van der Waals surface area contributed by atoms with Crippen LogP contribution in [0.3, 0.4) is 0 Å². The minimum Gasteiger partial charge on any atom is -0.506 e. The maximum Gasteiger partial charge on any atom is 0.134 e. The Hall–Kier alpha value is -0.500. The highest BCUT2D eigenvalue weighted by Gasteiger charge is 2.39. The SMILES string of the molecule is Cc1cc2c(c(O)c1Br)C(C)(C)CCC2(C)C. The summed E-state index contributed by atoms with van der Waals surface area (Å²) in [5, 5.41) is 10.4. The smallest absolute Gasteiger partial charge is 0.134 e. The lowest BCUT2D eigenvalue weighted by Gasteiger charge is -2.42. The van der Waals surface area contributed by atoms with Crippen LogP contribution in [0.15, 0.2) is 10.5 Å². The molecule has 0 bridgehead atoms. The molecule has 1 aromatic rings. The summed E-state index contributed by atoms with van der Waals surface area (Å²) >= 11 is 3.50. The monoisotopic (exact) mass is 296 g/mol. The number of phenolic OH excluding ortho intramolecular Hbond substituents is 1. The van der Waals surface area contributed by atoms with Crippen LogP contribution in [-0.2, 0) is 10.8 Å². The van der Waals surface area contributed by atoms with Crippen molar-refractivity contribution in [1.29, 1.82) is 0 Å². The number of benzene rings is 1. The highest BCUT2D eigenvalue weighted by molar-refractivity contribution is 9.10. The van der Waals surface area contributed by atoms with E-state index in [0.717, 1.165) is 22.0 Å². The van der Waals surface area contributed by atoms with Gasteiger partial charge in [0.25, 0.3) is 0 Å². The van der Waals surface area contributed by atoms with Gasteiger partial charge in [-0.3, -0.25) is 0 Å². The summed E-state index contributed by atoms with van der Waals surface area (Å²) in [6, 6.07) is 2.24. The predicted molar refractivity (Wildman–Crippen MR) is 75.8 cm³/mol. The Morgan fingerprint density at radius 1 is 1.12 bits per heavy atom. The lowest BCUT2D eigenvalue weighted by molar-refractivity contribution is 0.316. The van der Waals surface area contributed by atoms with Crippen molar-refractivity contribution in [3.63, 3.8) is 0 Å². The largest absolute Gasteiger partial charge is 0.506 e. The van der Waals surface area contributed by atoms with Crippen molar-refractivity contribution in [3.8, 4) is 5.75 Å². The lowest BCUT2D eigenvalue weighted by Crippen LogP contribution is -2.34. The van der Waals surface area contributed by atoms with Crippen LogP contribution in [0.2, 0.25) is 0 Å². The Balaban J connectivity index is 2.81. The first kappa shape index (κ1) is 12.9. The number of fused-ring (bicyclic) bond motifs is 1. The first-order valence-electron chi connectivity index (χ1n) is 6.20. The van der Waals surface area contributed by atoms with Gasteiger partial charge in [-0.15, -0.1) is 0 Å². The van der Waals surface area contributed by atoms with Gasteiger partial charge in [0.1, 0.15) is 5.75 Å². The number of hydrogen-bond acceptors (Lipinski definition) is 1. The van der Waals surface area contributed by atoms with Crippen LogP contribution in [-0.4, -0.2) is 5.11 Å². The second-order valence-corrected chi connectivity index (χ2v) is 7.34. The molecule has 0 amide bonds. The Morgan fingerprint density at radius 2 is 1.65 bits per heavy atom. The first-order valence-corrected chi connectivity index (χ1v) is 6.99. The number of aromatic hydroxyl groups is 1. The van der Waals surface area contributed by atoms with E-state index in [4.69, 9.17) is 0 Å². The fraction of sp³-hybridized carbons (Fsp3) is 0.600. The molecule has 0 saturated heterocycles. The van der Waals surface area contributed by atoms with Gasteiger partial charge in [-0.2, -0.15) is 0 Å². The molecular formula is C15H21BrO. The van der Waals surface area contributed by atoms with E-state index in [-0.39, 0.29) is 10.8 Å². The zero-order chi connectivity index (χ0) is 13.0. The Morgan fingerprint density at radius 3 is 2.24 bits per heavy atom. The van der Waals surface area contributed by atoms with Crippen LogP contribution in [0.4, 0.5) is 0 Å². The van der Waals surface area contributed by atoms with Gasteiger partial charge in [0.05, 0.1) is 4.47 Å². The van der Waals surface area contributed by atoms with Crippen molar-refractivity contribution in [2.45, 2.75) is 58.3 Å². The molecule has 0 heterocycles. The second kappa shape index (κ2) is 3.74. The van der Waals surface area contributed by atoms with Gasteiger partial charge in [-0.1, -0.05) is 33.8 Å². The van der Waals surface area contributed by atoms with Crippen molar-refractivity contribution < 1.29 is 5.11 Å². The summed E-state index contributed by atoms with van der Waals surface area (Å²) in [7, 11) is 0. The van der Waals surface area contributed by atoms with Crippen LogP contribution in [0.1, 0.15) is 57.2 Å². The van der Waals surface area contributed by atoms with Gasteiger partial charge < -0.3 is 5.11 Å². The van der Waals surface area contributed by atoms with Crippen LogP contribution in [0, 0.1) is 6.92 Å². The molecule has 0 fully saturated rings. The normalized spacial score (nSPS) is 21.1. The third-order valence-electron chi connectivity index (χ3n) is 4.20. The van der Waals surface area contributed by atoms with Crippen LogP contribution < -0.4 is 0 Å². The summed E-state index contributed by atoms with van der Waals surface area (Å²) in [6.45, 7) is 11.0. The minimum absolute atomic E-state index is 0.0607. The quantitative estimate of drug-likeness (QED) is 0.728. The van der Waals surface area contributed by atoms with Gasteiger partial charge >= 0.3 is 0 Å². The summed E-state index contributed by atoms with van der Waals surface area (Å²) in [6.07, 6.45) is 2.30. The Bertz CT molecular complexity index is 472. The third kappa shape index (κ3) is 1.91. The highest BCUT2D eigenvalue weighted by Crippen LogP contribution is 2.51. The number of aryl methyl sites for hydroxylation is 1. The van der Waals surface area contributed by atoms with Crippen molar-refractivity contribution in [3.05, 3.63) is 27.2 Å². The molecule has 1 nitrogen and oxygen atoms in total. The van der Waals surface area contributed by atoms with Crippen LogP contribution in [0.25, 0.3) is 0 Å². The summed E-state index contributed by atoms with van der Waals surface area (Å²) in [5.41, 5.74) is 3.78. The van der Waals surface area contributed by atoms with Crippen molar-refractivity contribution in [2.75, 3.05) is 0 Å². The fourth-order valence-electron chi connectivity index (χ4n) is 2.88. The summed E-state index contributed by atoms with van der Waals surface area (Å²) < 4.78 is 0.849. The lowest BCUT2D eigenvalue weighted by atomic mass is 9.62. The molecule has 1 aliphatic carbocycles. The Kier molecular flexibility index (Phi) is 2.85. The second-order valence-electron chi connectivity index (χ2n) is 6.55. The maximum absolute atomic E-state index is 10.4. The molecule has 0 saturated carbocycles. The molecule has 17 heavy (non-hydrogen) atoms. The molecule has 94 valence electrons. The van der Waals surface area contributed by atoms with Gasteiger partial charge in [-0.05, 0) is 57.7 Å². The maximum atomic E-state index is 10.4. The molecule has 0 aliphatic heterocycles. The molecule has 1 N–H and O–H groups in total. The molecule has 0 radical (unpaired) electrons. The van der Waals surface area contributed by atoms with Crippen molar-refractivity contribution in [1.82, 2.24) is 0 Å². The Labute approximate surface area is 112 Å². The van der Waals surface area contributed by atoms with Gasteiger partial charge in [0.15, 0.2) is 0 Å². The molecule has 0 atom stereocenters. The van der Waals surface area contributed by atoms with E-state index in [2.05, 4.69) is 49.7 Å². The molecule has 0 aromatic heterocycles. The summed E-state index contributed by atoms with van der Waals surface area (Å²) in [5.74, 6) is 0.442. The zero-order valence-electron chi connectivity index (χ0n) is 11.3. The molecule has 0 unspecified atom stereocenters. The minimum atomic E-state index is 0.0607. The van der Waals surface area contributed by atoms with Crippen molar-refractivity contribution in [2.24, 2.45) is 0 Å². The zero-order valence-corrected chi connectivity index (χ0v) is 12.9. The molecule has 1 aliphatic rings. The molecule has 1 aromatic carbocycles. The van der Waals surface area contributed by atoms with Gasteiger partial charge in [0.2, 0.25) is 0 Å². The average molecular weight is 297 g/mol. The third-order valence-corrected chi connectivity index (χ3v) is 5.20. The fourth-order valence-corrected chi connectivity index (χ4v) is 3.19. The topological polar surface area (TPSA) is 20.2 Å². The van der Waals surface area contributed by atoms with Crippen LogP contribution >= 0.6 is 15.9 Å². The van der Waals surface area contributed by atoms with Crippen molar-refractivity contribution >= 4 is 15.9 Å². The standard InChI is InChI=1S/C15H21BrO/c1-9-8-10-11(13(17)12(9)16)15(4,5)7-6-14(10,2)3/h8,17H,6-7H2,1-5H3. The molecule has 0 spiro atoms. The number of halogens is 1. The van der Waals surface area contributed by atoms with E-state index in [1.807, 2.05) is 6.92 Å². The van der Waals surface area contributed by atoms with Crippen LogP contribution in [0.5, 0.6) is 5.75 Å². The summed E-state index contributed by atoms with van der Waals surface area (Å²) in [4.78, 5) is 0. The molecule has 2 rings (SSSR count).